The first-order valence-electron chi connectivity index (χ1n) is 7.67. The fourth-order valence-corrected chi connectivity index (χ4v) is 4.92. The molecule has 0 amide bonds. The molecule has 1 aliphatic carbocycles. The highest BCUT2D eigenvalue weighted by atomic mass is 32.2. The van der Waals surface area contributed by atoms with E-state index in [1.54, 1.807) is 0 Å². The third-order valence-electron chi connectivity index (χ3n) is 5.37. The maximum atomic E-state index is 3.51. The molecule has 0 aromatic heterocycles. The van der Waals surface area contributed by atoms with Crippen LogP contribution in [0.5, 0.6) is 0 Å². The molecule has 0 radical (unpaired) electrons. The van der Waals surface area contributed by atoms with Gasteiger partial charge in [0, 0.05) is 23.6 Å². The Kier molecular flexibility index (Phi) is 3.68. The van der Waals surface area contributed by atoms with Crippen LogP contribution in [0.1, 0.15) is 39.5 Å². The first kappa shape index (κ1) is 13.3. The van der Waals surface area contributed by atoms with Crippen LogP contribution in [-0.4, -0.2) is 48.1 Å². The lowest BCUT2D eigenvalue weighted by molar-refractivity contribution is 0.236. The van der Waals surface area contributed by atoms with Crippen LogP contribution in [0.15, 0.2) is 0 Å². The predicted molar refractivity (Wildman–Crippen MR) is 80.2 cm³/mol. The minimum atomic E-state index is 0.505. The van der Waals surface area contributed by atoms with E-state index < -0.39 is 0 Å². The van der Waals surface area contributed by atoms with E-state index >= 15 is 0 Å². The first-order valence-corrected chi connectivity index (χ1v) is 8.65. The molecule has 3 heteroatoms. The first-order chi connectivity index (χ1) is 8.60. The van der Waals surface area contributed by atoms with Gasteiger partial charge in [0.2, 0.25) is 0 Å². The molecular formula is C15H28N2S. The van der Waals surface area contributed by atoms with Gasteiger partial charge in [0.1, 0.15) is 0 Å². The fourth-order valence-electron chi connectivity index (χ4n) is 3.78. The van der Waals surface area contributed by atoms with Crippen molar-refractivity contribution in [3.63, 3.8) is 0 Å². The molecule has 0 aromatic carbocycles. The summed E-state index contributed by atoms with van der Waals surface area (Å²) in [5, 5.41) is 3.51. The number of hydrogen-bond donors (Lipinski definition) is 1. The average Bonchev–Trinajstić information content (AvgIpc) is 3.02. The molecule has 3 aliphatic rings. The van der Waals surface area contributed by atoms with Crippen LogP contribution < -0.4 is 5.32 Å². The zero-order valence-electron chi connectivity index (χ0n) is 12.0. The molecule has 1 saturated carbocycles. The van der Waals surface area contributed by atoms with E-state index in [1.165, 1.54) is 64.2 Å². The number of nitrogens with zero attached hydrogens (tertiary/aromatic N) is 1. The standard InChI is InChI=1S/C15H28N2S/c1-14(2)5-8-17(9-10-18-14)12-13-11-15(13)3-6-16-7-4-15/h13,16H,3-12H2,1-2H3. The lowest BCUT2D eigenvalue weighted by Gasteiger charge is -2.26. The van der Waals surface area contributed by atoms with Gasteiger partial charge in [-0.25, -0.2) is 0 Å². The maximum Gasteiger partial charge on any atom is 0.0116 e. The second-order valence-electron chi connectivity index (χ2n) is 7.17. The summed E-state index contributed by atoms with van der Waals surface area (Å²) >= 11 is 2.17. The molecule has 1 unspecified atom stereocenters. The summed E-state index contributed by atoms with van der Waals surface area (Å²) in [6.07, 6.45) is 5.75. The van der Waals surface area contributed by atoms with Crippen LogP contribution in [0, 0.1) is 11.3 Å². The zero-order chi connectivity index (χ0) is 12.6. The van der Waals surface area contributed by atoms with Crippen LogP contribution in [-0.2, 0) is 0 Å². The van der Waals surface area contributed by atoms with Gasteiger partial charge in [-0.3, -0.25) is 0 Å². The Bertz CT molecular complexity index is 297. The summed E-state index contributed by atoms with van der Waals surface area (Å²) in [5.74, 6) is 2.35. The largest absolute Gasteiger partial charge is 0.317 e. The van der Waals surface area contributed by atoms with Gasteiger partial charge in [0.25, 0.3) is 0 Å². The second-order valence-corrected chi connectivity index (χ2v) is 8.97. The van der Waals surface area contributed by atoms with E-state index in [2.05, 4.69) is 35.8 Å². The molecule has 2 heterocycles. The molecule has 18 heavy (non-hydrogen) atoms. The molecule has 1 atom stereocenters. The van der Waals surface area contributed by atoms with Crippen LogP contribution >= 0.6 is 11.8 Å². The molecule has 2 aliphatic heterocycles. The minimum Gasteiger partial charge on any atom is -0.317 e. The van der Waals surface area contributed by atoms with Crippen molar-refractivity contribution < 1.29 is 0 Å². The minimum absolute atomic E-state index is 0.505. The summed E-state index contributed by atoms with van der Waals surface area (Å²) in [4.78, 5) is 2.75. The molecule has 104 valence electrons. The average molecular weight is 268 g/mol. The summed E-state index contributed by atoms with van der Waals surface area (Å²) in [7, 11) is 0. The van der Waals surface area contributed by atoms with Crippen LogP contribution in [0.3, 0.4) is 0 Å². The zero-order valence-corrected chi connectivity index (χ0v) is 12.8. The Morgan fingerprint density at radius 1 is 1.17 bits per heavy atom. The Hall–Kier alpha value is 0.270. The predicted octanol–water partition coefficient (Wildman–Crippen LogP) is 2.59. The van der Waals surface area contributed by atoms with Gasteiger partial charge in [-0.2, -0.15) is 11.8 Å². The molecule has 3 rings (SSSR count). The Morgan fingerprint density at radius 2 is 1.94 bits per heavy atom. The topological polar surface area (TPSA) is 15.3 Å². The molecule has 3 fully saturated rings. The summed E-state index contributed by atoms with van der Waals surface area (Å²) < 4.78 is 0.505. The van der Waals surface area contributed by atoms with Crippen molar-refractivity contribution >= 4 is 11.8 Å². The number of thioether (sulfide) groups is 1. The highest BCUT2D eigenvalue weighted by Gasteiger charge is 2.53. The number of hydrogen-bond acceptors (Lipinski definition) is 3. The molecule has 1 N–H and O–H groups in total. The van der Waals surface area contributed by atoms with E-state index in [4.69, 9.17) is 0 Å². The lowest BCUT2D eigenvalue weighted by atomic mass is 9.92. The van der Waals surface area contributed by atoms with E-state index in [9.17, 15) is 0 Å². The van der Waals surface area contributed by atoms with E-state index in [1.807, 2.05) is 0 Å². The van der Waals surface area contributed by atoms with Crippen molar-refractivity contribution in [2.75, 3.05) is 38.5 Å². The van der Waals surface area contributed by atoms with Gasteiger partial charge in [-0.15, -0.1) is 0 Å². The molecular weight excluding hydrogens is 240 g/mol. The number of rotatable bonds is 2. The normalized spacial score (nSPS) is 35.3. The Labute approximate surface area is 116 Å². The van der Waals surface area contributed by atoms with Gasteiger partial charge in [0.15, 0.2) is 0 Å². The van der Waals surface area contributed by atoms with Crippen LogP contribution in [0.4, 0.5) is 0 Å². The third kappa shape index (κ3) is 2.88. The smallest absolute Gasteiger partial charge is 0.0116 e. The fraction of sp³-hybridized carbons (Fsp3) is 1.00. The Balaban J connectivity index is 1.49. The van der Waals surface area contributed by atoms with E-state index in [-0.39, 0.29) is 0 Å². The van der Waals surface area contributed by atoms with Crippen molar-refractivity contribution in [3.8, 4) is 0 Å². The maximum absolute atomic E-state index is 3.51. The monoisotopic (exact) mass is 268 g/mol. The third-order valence-corrected chi connectivity index (χ3v) is 6.74. The van der Waals surface area contributed by atoms with Crippen LogP contribution in [0.2, 0.25) is 0 Å². The Morgan fingerprint density at radius 3 is 2.72 bits per heavy atom. The van der Waals surface area contributed by atoms with E-state index in [0.29, 0.717) is 4.75 Å². The van der Waals surface area contributed by atoms with Crippen molar-refractivity contribution in [2.24, 2.45) is 11.3 Å². The highest BCUT2D eigenvalue weighted by molar-refractivity contribution is 8.00. The van der Waals surface area contributed by atoms with E-state index in [0.717, 1.165) is 11.3 Å². The summed E-state index contributed by atoms with van der Waals surface area (Å²) in [5.41, 5.74) is 0.764. The SMILES string of the molecule is CC1(C)CCN(CC2CC23CCNCC3)CCS1. The molecule has 2 saturated heterocycles. The van der Waals surface area contributed by atoms with Crippen molar-refractivity contribution in [3.05, 3.63) is 0 Å². The highest BCUT2D eigenvalue weighted by Crippen LogP contribution is 2.58. The summed E-state index contributed by atoms with van der Waals surface area (Å²) in [6.45, 7) is 11.4. The lowest BCUT2D eigenvalue weighted by Crippen LogP contribution is -2.34. The molecule has 2 nitrogen and oxygen atoms in total. The number of piperidine rings is 1. The van der Waals surface area contributed by atoms with Crippen molar-refractivity contribution in [1.82, 2.24) is 10.2 Å². The van der Waals surface area contributed by atoms with Crippen molar-refractivity contribution in [1.29, 1.82) is 0 Å². The molecule has 0 bridgehead atoms. The molecule has 1 spiro atoms. The summed E-state index contributed by atoms with van der Waals surface area (Å²) in [6, 6.07) is 0. The number of nitrogens with one attached hydrogen (secondary N) is 1. The van der Waals surface area contributed by atoms with Gasteiger partial charge in [-0.05, 0) is 56.7 Å². The van der Waals surface area contributed by atoms with Crippen molar-refractivity contribution in [2.45, 2.75) is 44.3 Å². The van der Waals surface area contributed by atoms with Gasteiger partial charge in [0.05, 0.1) is 0 Å². The van der Waals surface area contributed by atoms with Gasteiger partial charge < -0.3 is 10.2 Å². The quantitative estimate of drug-likeness (QED) is 0.829. The van der Waals surface area contributed by atoms with Gasteiger partial charge in [-0.1, -0.05) is 13.8 Å². The van der Waals surface area contributed by atoms with Crippen LogP contribution in [0.25, 0.3) is 0 Å². The molecule has 0 aromatic rings. The second kappa shape index (κ2) is 4.99. The van der Waals surface area contributed by atoms with Gasteiger partial charge >= 0.3 is 0 Å².